The fraction of sp³-hybridized carbons (Fsp3) is 0.889. The van der Waals surface area contributed by atoms with Gasteiger partial charge in [-0.05, 0) is 26.4 Å². The van der Waals surface area contributed by atoms with Gasteiger partial charge in [0.15, 0.2) is 0 Å². The van der Waals surface area contributed by atoms with Crippen LogP contribution in [-0.4, -0.2) is 37.1 Å². The van der Waals surface area contributed by atoms with Crippen LogP contribution in [-0.2, 0) is 9.53 Å². The molecule has 0 N–H and O–H groups in total. The van der Waals surface area contributed by atoms with Crippen LogP contribution in [0.2, 0.25) is 0 Å². The molecule has 3 nitrogen and oxygen atoms in total. The summed E-state index contributed by atoms with van der Waals surface area (Å²) in [7, 11) is 2.14. The van der Waals surface area contributed by atoms with E-state index >= 15 is 0 Å². The summed E-state index contributed by atoms with van der Waals surface area (Å²) in [5, 5.41) is 0. The first kappa shape index (κ1) is 8.05. The molecule has 0 bridgehead atoms. The number of hydrogen-bond donors (Lipinski definition) is 0. The Morgan fingerprint density at radius 2 is 2.42 bits per heavy atom. The van der Waals surface area contributed by atoms with Gasteiger partial charge in [-0.15, -0.1) is 0 Å². The topological polar surface area (TPSA) is 29.5 Å². The average Bonchev–Trinajstić information content (AvgIpc) is 2.58. The fourth-order valence-electron chi connectivity index (χ4n) is 2.31. The normalized spacial score (nSPS) is 37.2. The predicted molar refractivity (Wildman–Crippen MR) is 44.7 cm³/mol. The molecule has 0 aromatic rings. The molecule has 2 aliphatic rings. The van der Waals surface area contributed by atoms with Crippen LogP contribution >= 0.6 is 0 Å². The largest absolute Gasteiger partial charge is 0.465 e. The number of cyclic esters (lactones) is 1. The van der Waals surface area contributed by atoms with Crippen LogP contribution in [0.1, 0.15) is 19.3 Å². The van der Waals surface area contributed by atoms with Gasteiger partial charge in [0.1, 0.15) is 0 Å². The number of hydrogen-bond acceptors (Lipinski definition) is 3. The molecule has 0 unspecified atom stereocenters. The summed E-state index contributed by atoms with van der Waals surface area (Å²) < 4.78 is 4.96. The lowest BCUT2D eigenvalue weighted by atomic mass is 9.97. The Kier molecular flexibility index (Phi) is 2.05. The number of nitrogens with zero attached hydrogens (tertiary/aromatic N) is 1. The number of esters is 1. The Balaban J connectivity index is 1.95. The smallest absolute Gasteiger partial charge is 0.306 e. The second kappa shape index (κ2) is 3.05. The van der Waals surface area contributed by atoms with E-state index in [1.807, 2.05) is 0 Å². The zero-order chi connectivity index (χ0) is 8.55. The van der Waals surface area contributed by atoms with Crippen LogP contribution in [0.3, 0.4) is 0 Å². The average molecular weight is 169 g/mol. The third-order valence-corrected chi connectivity index (χ3v) is 3.01. The maximum atomic E-state index is 10.9. The minimum absolute atomic E-state index is 0.0136. The van der Waals surface area contributed by atoms with E-state index in [-0.39, 0.29) is 5.97 Å². The lowest BCUT2D eigenvalue weighted by molar-refractivity contribution is -0.137. The van der Waals surface area contributed by atoms with E-state index < -0.39 is 0 Å². The second-order valence-electron chi connectivity index (χ2n) is 3.84. The first-order valence-electron chi connectivity index (χ1n) is 4.63. The summed E-state index contributed by atoms with van der Waals surface area (Å²) in [5.41, 5.74) is 0. The van der Waals surface area contributed by atoms with E-state index in [2.05, 4.69) is 11.9 Å². The summed E-state index contributed by atoms with van der Waals surface area (Å²) in [4.78, 5) is 13.2. The van der Waals surface area contributed by atoms with Crippen molar-refractivity contribution in [1.82, 2.24) is 4.90 Å². The molecule has 12 heavy (non-hydrogen) atoms. The molecule has 0 aliphatic carbocycles. The summed E-state index contributed by atoms with van der Waals surface area (Å²) in [6, 6.07) is 0.594. The van der Waals surface area contributed by atoms with Crippen molar-refractivity contribution < 1.29 is 9.53 Å². The van der Waals surface area contributed by atoms with E-state index in [1.165, 1.54) is 19.4 Å². The van der Waals surface area contributed by atoms with Crippen LogP contribution in [0.15, 0.2) is 0 Å². The van der Waals surface area contributed by atoms with Gasteiger partial charge in [-0.3, -0.25) is 4.79 Å². The van der Waals surface area contributed by atoms with Gasteiger partial charge in [0.05, 0.1) is 13.0 Å². The van der Waals surface area contributed by atoms with E-state index in [0.29, 0.717) is 25.0 Å². The van der Waals surface area contributed by atoms with Gasteiger partial charge in [0.25, 0.3) is 0 Å². The maximum absolute atomic E-state index is 10.9. The Morgan fingerprint density at radius 3 is 2.92 bits per heavy atom. The highest BCUT2D eigenvalue weighted by Gasteiger charge is 2.35. The van der Waals surface area contributed by atoms with E-state index in [4.69, 9.17) is 4.74 Å². The van der Waals surface area contributed by atoms with Gasteiger partial charge in [0, 0.05) is 12.0 Å². The van der Waals surface area contributed by atoms with Crippen LogP contribution in [0.4, 0.5) is 0 Å². The summed E-state index contributed by atoms with van der Waals surface area (Å²) in [5.74, 6) is 0.449. The van der Waals surface area contributed by atoms with Crippen molar-refractivity contribution in [2.75, 3.05) is 20.2 Å². The molecule has 3 heteroatoms. The zero-order valence-corrected chi connectivity index (χ0v) is 7.45. The minimum Gasteiger partial charge on any atom is -0.465 e. The summed E-state index contributed by atoms with van der Waals surface area (Å²) in [6.45, 7) is 1.82. The van der Waals surface area contributed by atoms with Crippen molar-refractivity contribution in [3.63, 3.8) is 0 Å². The first-order valence-corrected chi connectivity index (χ1v) is 4.63. The van der Waals surface area contributed by atoms with Gasteiger partial charge in [-0.2, -0.15) is 0 Å². The zero-order valence-electron chi connectivity index (χ0n) is 7.45. The van der Waals surface area contributed by atoms with Crippen molar-refractivity contribution >= 4 is 5.97 Å². The molecule has 0 radical (unpaired) electrons. The Bertz CT molecular complexity index is 193. The molecule has 2 rings (SSSR count). The maximum Gasteiger partial charge on any atom is 0.306 e. The number of carbonyl (C=O) groups is 1. The van der Waals surface area contributed by atoms with E-state index in [1.54, 1.807) is 0 Å². The van der Waals surface area contributed by atoms with Gasteiger partial charge >= 0.3 is 5.97 Å². The molecule has 0 saturated carbocycles. The molecule has 2 atom stereocenters. The Morgan fingerprint density at radius 1 is 1.58 bits per heavy atom. The van der Waals surface area contributed by atoms with Crippen molar-refractivity contribution in [3.05, 3.63) is 0 Å². The molecule has 2 aliphatic heterocycles. The molecule has 2 saturated heterocycles. The molecule has 0 spiro atoms. The second-order valence-corrected chi connectivity index (χ2v) is 3.84. The number of ether oxygens (including phenoxy) is 1. The van der Waals surface area contributed by atoms with Crippen molar-refractivity contribution in [3.8, 4) is 0 Å². The number of carbonyl (C=O) groups excluding carboxylic acids is 1. The molecular weight excluding hydrogens is 154 g/mol. The van der Waals surface area contributed by atoms with Gasteiger partial charge < -0.3 is 9.64 Å². The minimum atomic E-state index is -0.0136. The van der Waals surface area contributed by atoms with Crippen molar-refractivity contribution in [2.24, 2.45) is 5.92 Å². The SMILES string of the molecule is CN1CCC[C@H]1[C@@H]1COC(=O)C1. The fourth-order valence-corrected chi connectivity index (χ4v) is 2.31. The first-order chi connectivity index (χ1) is 5.77. The third-order valence-electron chi connectivity index (χ3n) is 3.01. The molecule has 0 aromatic carbocycles. The number of rotatable bonds is 1. The highest BCUT2D eigenvalue weighted by atomic mass is 16.5. The predicted octanol–water partition coefficient (Wildman–Crippen LogP) is 0.644. The van der Waals surface area contributed by atoms with E-state index in [0.717, 1.165) is 0 Å². The molecule has 2 heterocycles. The van der Waals surface area contributed by atoms with Crippen LogP contribution in [0.5, 0.6) is 0 Å². The lowest BCUT2D eigenvalue weighted by Crippen LogP contribution is -2.32. The van der Waals surface area contributed by atoms with Gasteiger partial charge in [-0.1, -0.05) is 0 Å². The van der Waals surface area contributed by atoms with Crippen molar-refractivity contribution in [2.45, 2.75) is 25.3 Å². The molecular formula is C9H15NO2. The highest BCUT2D eigenvalue weighted by molar-refractivity contribution is 5.71. The van der Waals surface area contributed by atoms with E-state index in [9.17, 15) is 4.79 Å². The molecule has 68 valence electrons. The number of likely N-dealkylation sites (tertiary alicyclic amines) is 1. The molecule has 0 amide bonds. The van der Waals surface area contributed by atoms with Gasteiger partial charge in [0.2, 0.25) is 0 Å². The third kappa shape index (κ3) is 1.33. The molecule has 0 aromatic heterocycles. The van der Waals surface area contributed by atoms with Crippen molar-refractivity contribution in [1.29, 1.82) is 0 Å². The Labute approximate surface area is 72.7 Å². The highest BCUT2D eigenvalue weighted by Crippen LogP contribution is 2.28. The molecule has 2 fully saturated rings. The van der Waals surface area contributed by atoms with Crippen LogP contribution < -0.4 is 0 Å². The summed E-state index contributed by atoms with van der Waals surface area (Å²) >= 11 is 0. The lowest BCUT2D eigenvalue weighted by Gasteiger charge is -2.23. The van der Waals surface area contributed by atoms with Crippen LogP contribution in [0.25, 0.3) is 0 Å². The van der Waals surface area contributed by atoms with Crippen LogP contribution in [0, 0.1) is 5.92 Å². The standard InChI is InChI=1S/C9H15NO2/c1-10-4-2-3-8(10)7-5-9(11)12-6-7/h7-8H,2-6H2,1H3/t7-,8-/m0/s1. The monoisotopic (exact) mass is 169 g/mol. The Hall–Kier alpha value is -0.570. The quantitative estimate of drug-likeness (QED) is 0.540. The van der Waals surface area contributed by atoms with Gasteiger partial charge in [-0.25, -0.2) is 0 Å². The summed E-state index contributed by atoms with van der Waals surface area (Å²) in [6.07, 6.45) is 3.14.